The van der Waals surface area contributed by atoms with E-state index in [9.17, 15) is 8.76 Å². The van der Waals surface area contributed by atoms with Gasteiger partial charge in [0.25, 0.3) is 0 Å². The minimum atomic E-state index is -1.98. The lowest BCUT2D eigenvalue weighted by Crippen LogP contribution is -2.29. The Labute approximate surface area is 222 Å². The van der Waals surface area contributed by atoms with Crippen LogP contribution in [0.15, 0.2) is 93.0 Å². The molecule has 1 aliphatic heterocycles. The summed E-state index contributed by atoms with van der Waals surface area (Å²) in [5, 5.41) is 0. The molecular weight excluding hydrogens is 484 g/mol. The Bertz CT molecular complexity index is 1220. The quantitative estimate of drug-likeness (QED) is 0.360. The first-order chi connectivity index (χ1) is 18.2. The molecule has 0 saturated heterocycles. The van der Waals surface area contributed by atoms with Crippen molar-refractivity contribution < 1.29 is 23.0 Å². The monoisotopic (exact) mass is 520 g/mol. The summed E-state index contributed by atoms with van der Waals surface area (Å²) in [5.41, 5.74) is 3.46. The van der Waals surface area contributed by atoms with Crippen LogP contribution in [-0.2, 0) is 25.3 Å². The molecule has 0 bridgehead atoms. The SMILES string of the molecule is O=S(O)C1=C(C2C3=C(C=C(OC4=CCCCC4)CC3)OC3=C2CCC(OC2=CC=CCC2)C3)C=CCC1. The van der Waals surface area contributed by atoms with Gasteiger partial charge in [0.15, 0.2) is 11.1 Å². The fourth-order valence-electron chi connectivity index (χ4n) is 6.35. The van der Waals surface area contributed by atoms with Gasteiger partial charge in [-0.25, -0.2) is 4.21 Å². The maximum atomic E-state index is 12.4. The highest BCUT2D eigenvalue weighted by Gasteiger charge is 2.40. The average Bonchev–Trinajstić information content (AvgIpc) is 2.93. The topological polar surface area (TPSA) is 65.0 Å². The summed E-state index contributed by atoms with van der Waals surface area (Å²) in [4.78, 5) is 0.656. The Hall–Kier alpha value is -2.57. The van der Waals surface area contributed by atoms with E-state index in [1.165, 1.54) is 24.0 Å². The van der Waals surface area contributed by atoms with E-state index in [1.807, 2.05) is 0 Å². The van der Waals surface area contributed by atoms with Crippen LogP contribution >= 0.6 is 0 Å². The van der Waals surface area contributed by atoms with Crippen molar-refractivity contribution >= 4 is 11.1 Å². The smallest absolute Gasteiger partial charge is 0.182 e. The second-order valence-electron chi connectivity index (χ2n) is 10.7. The van der Waals surface area contributed by atoms with Crippen molar-refractivity contribution in [1.29, 1.82) is 0 Å². The van der Waals surface area contributed by atoms with Crippen LogP contribution in [0.4, 0.5) is 0 Å². The second kappa shape index (κ2) is 11.0. The molecule has 0 fully saturated rings. The molecule has 0 saturated carbocycles. The van der Waals surface area contributed by atoms with E-state index in [2.05, 4.69) is 42.5 Å². The summed E-state index contributed by atoms with van der Waals surface area (Å²) in [6.07, 6.45) is 27.0. The molecule has 0 radical (unpaired) electrons. The van der Waals surface area contributed by atoms with Gasteiger partial charge in [0.1, 0.15) is 23.4 Å². The van der Waals surface area contributed by atoms with Crippen LogP contribution in [0.1, 0.15) is 83.5 Å². The Morgan fingerprint density at radius 2 is 1.84 bits per heavy atom. The van der Waals surface area contributed by atoms with E-state index in [0.29, 0.717) is 17.7 Å². The largest absolute Gasteiger partial charge is 0.494 e. The van der Waals surface area contributed by atoms with Gasteiger partial charge in [-0.3, -0.25) is 0 Å². The van der Waals surface area contributed by atoms with E-state index >= 15 is 0 Å². The van der Waals surface area contributed by atoms with Crippen LogP contribution in [0.3, 0.4) is 0 Å². The minimum Gasteiger partial charge on any atom is -0.494 e. The molecule has 37 heavy (non-hydrogen) atoms. The maximum absolute atomic E-state index is 12.4. The molecule has 1 N–H and O–H groups in total. The van der Waals surface area contributed by atoms with Crippen molar-refractivity contribution in [2.24, 2.45) is 5.92 Å². The zero-order valence-corrected chi connectivity index (χ0v) is 22.2. The van der Waals surface area contributed by atoms with E-state index in [4.69, 9.17) is 14.2 Å². The highest BCUT2D eigenvalue weighted by Crippen LogP contribution is 2.50. The van der Waals surface area contributed by atoms with Crippen LogP contribution in [0.2, 0.25) is 0 Å². The molecule has 196 valence electrons. The van der Waals surface area contributed by atoms with E-state index < -0.39 is 11.1 Å². The summed E-state index contributed by atoms with van der Waals surface area (Å²) >= 11 is -1.98. The molecule has 0 aromatic heterocycles. The fourth-order valence-corrected chi connectivity index (χ4v) is 7.03. The first-order valence-electron chi connectivity index (χ1n) is 13.9. The first-order valence-corrected chi connectivity index (χ1v) is 15.0. The van der Waals surface area contributed by atoms with Crippen LogP contribution in [-0.4, -0.2) is 14.9 Å². The lowest BCUT2D eigenvalue weighted by atomic mass is 9.73. The number of allylic oxidation sites excluding steroid dienone is 14. The zero-order chi connectivity index (χ0) is 25.2. The summed E-state index contributed by atoms with van der Waals surface area (Å²) in [6.45, 7) is 0. The third-order valence-electron chi connectivity index (χ3n) is 8.17. The maximum Gasteiger partial charge on any atom is 0.182 e. The summed E-state index contributed by atoms with van der Waals surface area (Å²) < 4.78 is 41.9. The van der Waals surface area contributed by atoms with Gasteiger partial charge in [0, 0.05) is 42.6 Å². The third-order valence-corrected chi connectivity index (χ3v) is 9.03. The lowest BCUT2D eigenvalue weighted by molar-refractivity contribution is 0.0766. The van der Waals surface area contributed by atoms with Crippen LogP contribution < -0.4 is 0 Å². The Morgan fingerprint density at radius 3 is 2.65 bits per heavy atom. The van der Waals surface area contributed by atoms with Gasteiger partial charge in [0.2, 0.25) is 0 Å². The van der Waals surface area contributed by atoms with E-state index in [1.54, 1.807) is 0 Å². The zero-order valence-electron chi connectivity index (χ0n) is 21.4. The van der Waals surface area contributed by atoms with Gasteiger partial charge in [0.05, 0.1) is 11.5 Å². The van der Waals surface area contributed by atoms with Crippen molar-refractivity contribution in [3.63, 3.8) is 0 Å². The predicted octanol–water partition coefficient (Wildman–Crippen LogP) is 7.92. The molecular formula is C31H36O5S. The first kappa shape index (κ1) is 24.7. The van der Waals surface area contributed by atoms with Gasteiger partial charge >= 0.3 is 0 Å². The highest BCUT2D eigenvalue weighted by molar-refractivity contribution is 7.83. The molecule has 0 amide bonds. The molecule has 0 aromatic rings. The molecule has 0 spiro atoms. The molecule has 5 aliphatic carbocycles. The standard InChI is InChI=1S/C31H36O5S/c32-37(33)30-14-8-7-13-27(30)31-25-17-15-23(34-21-9-3-1-4-10-21)19-28(25)36-29-20-24(16-18-26(29)31)35-22-11-5-2-6-12-22/h1,3,7,9,11,13,20,23,31H,2,4-6,8,10,12,14-19H2,(H,32,33). The van der Waals surface area contributed by atoms with Gasteiger partial charge in [-0.05, 0) is 86.7 Å². The second-order valence-corrected chi connectivity index (χ2v) is 11.6. The van der Waals surface area contributed by atoms with Crippen LogP contribution in [0.25, 0.3) is 0 Å². The normalized spacial score (nSPS) is 28.5. The Morgan fingerprint density at radius 1 is 0.919 bits per heavy atom. The number of hydrogen-bond acceptors (Lipinski definition) is 4. The van der Waals surface area contributed by atoms with E-state index in [-0.39, 0.29) is 12.0 Å². The summed E-state index contributed by atoms with van der Waals surface area (Å²) in [6, 6.07) is 0. The van der Waals surface area contributed by atoms with Gasteiger partial charge in [-0.2, -0.15) is 0 Å². The van der Waals surface area contributed by atoms with Crippen molar-refractivity contribution in [2.45, 2.75) is 89.6 Å². The molecule has 6 heteroatoms. The van der Waals surface area contributed by atoms with E-state index in [0.717, 1.165) is 92.2 Å². The number of ether oxygens (including phenoxy) is 3. The summed E-state index contributed by atoms with van der Waals surface area (Å²) in [7, 11) is 0. The molecule has 1 heterocycles. The van der Waals surface area contributed by atoms with Gasteiger partial charge < -0.3 is 18.8 Å². The fraction of sp³-hybridized carbons (Fsp3) is 0.484. The van der Waals surface area contributed by atoms with Gasteiger partial charge in [-0.1, -0.05) is 24.3 Å². The lowest BCUT2D eigenvalue weighted by Gasteiger charge is -2.40. The minimum absolute atomic E-state index is 0.00845. The molecule has 0 aromatic carbocycles. The van der Waals surface area contributed by atoms with Crippen molar-refractivity contribution in [3.05, 3.63) is 93.0 Å². The Balaban J connectivity index is 1.33. The average molecular weight is 521 g/mol. The third kappa shape index (κ3) is 5.37. The molecule has 6 aliphatic rings. The van der Waals surface area contributed by atoms with Crippen LogP contribution in [0, 0.1) is 5.92 Å². The highest BCUT2D eigenvalue weighted by atomic mass is 32.2. The number of hydrogen-bond donors (Lipinski definition) is 1. The van der Waals surface area contributed by atoms with Crippen LogP contribution in [0.5, 0.6) is 0 Å². The van der Waals surface area contributed by atoms with Crippen molar-refractivity contribution in [2.75, 3.05) is 0 Å². The summed E-state index contributed by atoms with van der Waals surface area (Å²) in [5.74, 6) is 4.90. The Kier molecular flexibility index (Phi) is 7.39. The molecule has 3 atom stereocenters. The number of rotatable bonds is 6. The molecule has 5 nitrogen and oxygen atoms in total. The van der Waals surface area contributed by atoms with Gasteiger partial charge in [-0.15, -0.1) is 0 Å². The molecule has 3 unspecified atom stereocenters. The van der Waals surface area contributed by atoms with Crippen molar-refractivity contribution in [1.82, 2.24) is 0 Å². The molecule has 6 rings (SSSR count). The van der Waals surface area contributed by atoms with Crippen molar-refractivity contribution in [3.8, 4) is 0 Å². The predicted molar refractivity (Wildman–Crippen MR) is 145 cm³/mol.